The number of carbonyl (C=O) groups excluding carboxylic acids is 2. The summed E-state index contributed by atoms with van der Waals surface area (Å²) in [7, 11) is 0.569. The lowest BCUT2D eigenvalue weighted by atomic mass is 10.0. The van der Waals surface area contributed by atoms with Crippen molar-refractivity contribution < 1.29 is 29.5 Å². The van der Waals surface area contributed by atoms with Crippen LogP contribution in [-0.2, 0) is 0 Å². The molecule has 0 aliphatic carbocycles. The maximum atomic E-state index is 10.9. The number of amides is 2. The average molecular weight is 550 g/mol. The molecule has 7 N–H and O–H groups in total. The molecule has 0 saturated carbocycles. The Bertz CT molecular complexity index is 1270. The highest BCUT2D eigenvalue weighted by atomic mass is 79.9. The first-order valence-electron chi connectivity index (χ1n) is 10.4. The molecule has 4 rings (SSSR count). The van der Waals surface area contributed by atoms with Gasteiger partial charge in [0.05, 0.1) is 0 Å². The topological polar surface area (TPSA) is 156 Å². The molecule has 36 heavy (non-hydrogen) atoms. The maximum absolute atomic E-state index is 10.9. The van der Waals surface area contributed by atoms with E-state index in [1.165, 1.54) is 24.3 Å². The van der Waals surface area contributed by atoms with Crippen molar-refractivity contribution in [3.05, 3.63) is 113 Å². The molecule has 8 nitrogen and oxygen atoms in total. The van der Waals surface area contributed by atoms with Crippen molar-refractivity contribution in [1.82, 2.24) is 0 Å². The normalized spacial score (nSPS) is 9.50. The quantitative estimate of drug-likeness (QED) is 0.237. The standard InChI is InChI=1S/C13H11NO2.C7H7BNO3.C6H5BrO/c14-13(16)10-6-4-9(5-7-10)11-2-1-3-12(15)8-11;9-7(10)5-1-3-6(4-2-5)12-8-11;7-5-2-1-3-6(8)4-5/h1-8,15H,(H2,14,16);1-4,11H,(H2,9,10);1-4,8H. The van der Waals surface area contributed by atoms with E-state index in [1.54, 1.807) is 60.7 Å². The molecule has 0 fully saturated rings. The molecule has 0 aliphatic heterocycles. The molecule has 4 aromatic rings. The average Bonchev–Trinajstić information content (AvgIpc) is 2.85. The van der Waals surface area contributed by atoms with E-state index in [0.29, 0.717) is 30.3 Å². The lowest BCUT2D eigenvalue weighted by molar-refractivity contribution is 0.0992. The second kappa shape index (κ2) is 14.2. The second-order valence-electron chi connectivity index (χ2n) is 7.08. The SMILES string of the molecule is NC(=O)c1ccc(-c2cccc(O)c2)cc1.NC(=O)c1ccc(O[B]O)cc1.Oc1cccc(Br)c1. The van der Waals surface area contributed by atoms with Crippen molar-refractivity contribution in [2.45, 2.75) is 0 Å². The summed E-state index contributed by atoms with van der Waals surface area (Å²) < 4.78 is 5.52. The number of hydrogen-bond donors (Lipinski definition) is 5. The summed E-state index contributed by atoms with van der Waals surface area (Å²) in [6.07, 6.45) is 0. The van der Waals surface area contributed by atoms with Gasteiger partial charge < -0.3 is 31.4 Å². The third-order valence-corrected chi connectivity index (χ3v) is 4.98. The van der Waals surface area contributed by atoms with Gasteiger partial charge in [-0.1, -0.05) is 46.3 Å². The van der Waals surface area contributed by atoms with Gasteiger partial charge in [0, 0.05) is 15.6 Å². The van der Waals surface area contributed by atoms with Crippen molar-refractivity contribution in [2.75, 3.05) is 0 Å². The zero-order chi connectivity index (χ0) is 26.5. The first kappa shape index (κ1) is 28.0. The third kappa shape index (κ3) is 9.53. The van der Waals surface area contributed by atoms with E-state index in [1.807, 2.05) is 12.1 Å². The van der Waals surface area contributed by atoms with Gasteiger partial charge in [-0.15, -0.1) is 0 Å². The minimum Gasteiger partial charge on any atom is -0.537 e. The molecule has 0 atom stereocenters. The highest BCUT2D eigenvalue weighted by molar-refractivity contribution is 9.10. The largest absolute Gasteiger partial charge is 0.569 e. The van der Waals surface area contributed by atoms with Crippen molar-refractivity contribution in [3.63, 3.8) is 0 Å². The number of primary amides is 2. The first-order valence-corrected chi connectivity index (χ1v) is 11.1. The molecule has 0 saturated heterocycles. The summed E-state index contributed by atoms with van der Waals surface area (Å²) in [5, 5.41) is 26.4. The van der Waals surface area contributed by atoms with Gasteiger partial charge in [-0.25, -0.2) is 0 Å². The maximum Gasteiger partial charge on any atom is 0.569 e. The molecular formula is C26H23BBrN2O6. The zero-order valence-electron chi connectivity index (χ0n) is 18.9. The number of phenolic OH excluding ortho intramolecular Hbond substituents is 2. The molecule has 0 aromatic heterocycles. The van der Waals surface area contributed by atoms with Crippen molar-refractivity contribution in [1.29, 1.82) is 0 Å². The summed E-state index contributed by atoms with van der Waals surface area (Å²) in [6.45, 7) is 0. The van der Waals surface area contributed by atoms with Crippen LogP contribution in [0.2, 0.25) is 0 Å². The molecule has 1 radical (unpaired) electrons. The van der Waals surface area contributed by atoms with Crippen LogP contribution in [-0.4, -0.2) is 34.7 Å². The molecule has 2 amide bonds. The van der Waals surface area contributed by atoms with E-state index in [0.717, 1.165) is 15.6 Å². The van der Waals surface area contributed by atoms with E-state index >= 15 is 0 Å². The number of nitrogens with two attached hydrogens (primary N) is 2. The first-order chi connectivity index (χ1) is 17.2. The summed E-state index contributed by atoms with van der Waals surface area (Å²) in [4.78, 5) is 21.5. The van der Waals surface area contributed by atoms with Gasteiger partial charge in [0.15, 0.2) is 0 Å². The van der Waals surface area contributed by atoms with Crippen molar-refractivity contribution >= 4 is 35.4 Å². The molecule has 4 aromatic carbocycles. The molecular weight excluding hydrogens is 527 g/mol. The Kier molecular flexibility index (Phi) is 11.0. The molecule has 183 valence electrons. The van der Waals surface area contributed by atoms with Crippen LogP contribution in [0.4, 0.5) is 0 Å². The Labute approximate surface area is 217 Å². The Morgan fingerprint density at radius 2 is 1.19 bits per heavy atom. The van der Waals surface area contributed by atoms with Gasteiger partial charge in [0.2, 0.25) is 11.8 Å². The van der Waals surface area contributed by atoms with E-state index in [9.17, 15) is 14.7 Å². The number of carbonyl (C=O) groups is 2. The zero-order valence-corrected chi connectivity index (χ0v) is 20.5. The smallest absolute Gasteiger partial charge is 0.537 e. The van der Waals surface area contributed by atoms with Gasteiger partial charge in [0.1, 0.15) is 17.2 Å². The van der Waals surface area contributed by atoms with E-state index in [4.69, 9.17) is 21.6 Å². The van der Waals surface area contributed by atoms with Crippen LogP contribution in [0.5, 0.6) is 17.2 Å². The van der Waals surface area contributed by atoms with E-state index < -0.39 is 11.8 Å². The summed E-state index contributed by atoms with van der Waals surface area (Å²) in [5.74, 6) is 0.0235. The Hall–Kier alpha value is -4.28. The van der Waals surface area contributed by atoms with Crippen LogP contribution < -0.4 is 16.1 Å². The van der Waals surface area contributed by atoms with Crippen LogP contribution in [0.15, 0.2) is 102 Å². The van der Waals surface area contributed by atoms with Gasteiger partial charge >= 0.3 is 7.69 Å². The molecule has 10 heteroatoms. The number of hydrogen-bond acceptors (Lipinski definition) is 6. The minimum absolute atomic E-state index is 0.219. The van der Waals surface area contributed by atoms with Gasteiger partial charge in [0.25, 0.3) is 0 Å². The van der Waals surface area contributed by atoms with Crippen LogP contribution >= 0.6 is 15.9 Å². The third-order valence-electron chi connectivity index (χ3n) is 4.48. The fraction of sp³-hybridized carbons (Fsp3) is 0. The highest BCUT2D eigenvalue weighted by Crippen LogP contribution is 2.23. The monoisotopic (exact) mass is 549 g/mol. The van der Waals surface area contributed by atoms with Crippen LogP contribution in [0.1, 0.15) is 20.7 Å². The van der Waals surface area contributed by atoms with E-state index in [-0.39, 0.29) is 5.75 Å². The fourth-order valence-corrected chi connectivity index (χ4v) is 3.13. The number of benzene rings is 4. The number of rotatable bonds is 5. The number of aromatic hydroxyl groups is 2. The van der Waals surface area contributed by atoms with Crippen LogP contribution in [0.25, 0.3) is 11.1 Å². The molecule has 0 bridgehead atoms. The van der Waals surface area contributed by atoms with Crippen molar-refractivity contribution in [3.8, 4) is 28.4 Å². The van der Waals surface area contributed by atoms with Crippen molar-refractivity contribution in [2.24, 2.45) is 11.5 Å². The summed E-state index contributed by atoms with van der Waals surface area (Å²) in [5.41, 5.74) is 12.9. The molecule has 0 spiro atoms. The predicted molar refractivity (Wildman–Crippen MR) is 141 cm³/mol. The minimum atomic E-state index is -0.491. The fourth-order valence-electron chi connectivity index (χ4n) is 2.75. The van der Waals surface area contributed by atoms with E-state index in [2.05, 4.69) is 20.6 Å². The predicted octanol–water partition coefficient (Wildman–Crippen LogP) is 4.00. The van der Waals surface area contributed by atoms with Gasteiger partial charge in [-0.2, -0.15) is 0 Å². The number of halogens is 1. The van der Waals surface area contributed by atoms with Gasteiger partial charge in [-0.05, 0) is 77.9 Å². The van der Waals surface area contributed by atoms with Gasteiger partial charge in [-0.3, -0.25) is 9.59 Å². The molecule has 0 aliphatic rings. The van der Waals surface area contributed by atoms with Crippen LogP contribution in [0, 0.1) is 0 Å². The molecule has 0 unspecified atom stereocenters. The lowest BCUT2D eigenvalue weighted by Crippen LogP contribution is -2.10. The van der Waals surface area contributed by atoms with Crippen LogP contribution in [0.3, 0.4) is 0 Å². The molecule has 0 heterocycles. The Balaban J connectivity index is 0.000000202. The summed E-state index contributed by atoms with van der Waals surface area (Å²) >= 11 is 3.20. The number of phenols is 2. The highest BCUT2D eigenvalue weighted by Gasteiger charge is 2.02. The Morgan fingerprint density at radius 1 is 0.694 bits per heavy atom. The lowest BCUT2D eigenvalue weighted by Gasteiger charge is -2.03. The Morgan fingerprint density at radius 3 is 1.61 bits per heavy atom. The summed E-state index contributed by atoms with van der Waals surface area (Å²) in [6, 6.07) is 26.9. The second-order valence-corrected chi connectivity index (χ2v) is 8.00.